The minimum atomic E-state index is -4.55. The summed E-state index contributed by atoms with van der Waals surface area (Å²) in [6.07, 6.45) is 2.67. The third-order valence-electron chi connectivity index (χ3n) is 2.42. The van der Waals surface area contributed by atoms with Crippen LogP contribution in [0.15, 0.2) is 35.3 Å². The number of rotatable bonds is 2. The summed E-state index contributed by atoms with van der Waals surface area (Å²) in [5.41, 5.74) is 0.666. The molecule has 26 heavy (non-hydrogen) atoms. The fourth-order valence-corrected chi connectivity index (χ4v) is 2.53. The van der Waals surface area contributed by atoms with Crippen LogP contribution in [0.1, 0.15) is 0 Å². The van der Waals surface area contributed by atoms with E-state index in [4.69, 9.17) is 21.4 Å². The highest BCUT2D eigenvalue weighted by atomic mass is 79.9. The molecule has 0 fully saturated rings. The Kier molecular flexibility index (Phi) is 7.17. The number of aromatic nitrogens is 9. The smallest absolute Gasteiger partial charge is 0.388 e. The number of hydrogen-bond acceptors (Lipinski definition) is 8. The Morgan fingerprint density at radius 3 is 2.15 bits per heavy atom. The lowest BCUT2D eigenvalue weighted by atomic mass is 10.2. The number of fused-ring (bicyclic) bond motifs is 1. The Morgan fingerprint density at radius 1 is 1.12 bits per heavy atom. The molecule has 0 saturated heterocycles. The van der Waals surface area contributed by atoms with Gasteiger partial charge in [-0.15, -0.1) is 20.4 Å². The topological polar surface area (TPSA) is 191 Å². The molecule has 0 saturated carbocycles. The van der Waals surface area contributed by atoms with Crippen LogP contribution >= 0.6 is 35.4 Å². The van der Waals surface area contributed by atoms with Gasteiger partial charge in [0.2, 0.25) is 5.88 Å². The van der Waals surface area contributed by atoms with Crippen molar-refractivity contribution in [1.82, 2.24) is 46.2 Å². The van der Waals surface area contributed by atoms with Crippen molar-refractivity contribution in [3.8, 4) is 5.88 Å². The molecule has 138 valence electrons. The van der Waals surface area contributed by atoms with Gasteiger partial charge in [0.15, 0.2) is 12.7 Å². The lowest BCUT2D eigenvalue weighted by Gasteiger charge is -2.02. The van der Waals surface area contributed by atoms with Gasteiger partial charge < -0.3 is 9.51 Å². The van der Waals surface area contributed by atoms with Gasteiger partial charge in [-0.3, -0.25) is 9.79 Å². The molecule has 0 radical (unpaired) electrons. The number of nitrogens with one attached hydrogen (secondary N) is 3. The quantitative estimate of drug-likeness (QED) is 0.270. The summed E-state index contributed by atoms with van der Waals surface area (Å²) in [7, 11) is -4.55. The molecule has 16 heteroatoms. The van der Waals surface area contributed by atoms with Gasteiger partial charge >= 0.3 is 7.82 Å². The van der Waals surface area contributed by atoms with Crippen molar-refractivity contribution in [3.05, 3.63) is 40.3 Å². The second kappa shape index (κ2) is 9.35. The van der Waals surface area contributed by atoms with Gasteiger partial charge in [-0.2, -0.15) is 10.4 Å². The SMILES string of the molecule is O=P(O)(O)Oc1cc2c(Br)c(Cl)ccc2[nH]1.c1nn[nH]n1.c1nn[nH]n1. The van der Waals surface area contributed by atoms with Crippen molar-refractivity contribution in [2.45, 2.75) is 0 Å². The summed E-state index contributed by atoms with van der Waals surface area (Å²) >= 11 is 9.15. The van der Waals surface area contributed by atoms with Crippen LogP contribution in [0.4, 0.5) is 0 Å². The molecule has 3 heterocycles. The molecule has 4 aromatic rings. The molecule has 0 amide bonds. The Morgan fingerprint density at radius 2 is 1.73 bits per heavy atom. The first-order chi connectivity index (χ1) is 12.4. The molecule has 4 rings (SSSR count). The molecular weight excluding hydrogens is 457 g/mol. The number of halogens is 2. The minimum Gasteiger partial charge on any atom is -0.388 e. The van der Waals surface area contributed by atoms with Crippen LogP contribution in [-0.2, 0) is 4.57 Å². The van der Waals surface area contributed by atoms with Crippen molar-refractivity contribution < 1.29 is 18.9 Å². The van der Waals surface area contributed by atoms with Gasteiger partial charge in [-0.1, -0.05) is 22.0 Å². The third kappa shape index (κ3) is 6.50. The summed E-state index contributed by atoms with van der Waals surface area (Å²) in [5, 5.41) is 25.5. The monoisotopic (exact) mass is 465 g/mol. The minimum absolute atomic E-state index is 0.00806. The van der Waals surface area contributed by atoms with E-state index in [-0.39, 0.29) is 5.88 Å². The number of tetrazole rings is 2. The molecule has 1 aromatic carbocycles. The molecule has 3 aromatic heterocycles. The largest absolute Gasteiger partial charge is 0.525 e. The number of nitrogens with zero attached hydrogens (tertiary/aromatic N) is 6. The zero-order chi connectivity index (χ0) is 19.0. The van der Waals surface area contributed by atoms with Gasteiger partial charge in [-0.25, -0.2) is 4.57 Å². The molecule has 0 aliphatic heterocycles. The van der Waals surface area contributed by atoms with Gasteiger partial charge in [0, 0.05) is 21.4 Å². The maximum absolute atomic E-state index is 10.6. The highest BCUT2D eigenvalue weighted by Crippen LogP contribution is 2.40. The molecule has 13 nitrogen and oxygen atoms in total. The predicted octanol–water partition coefficient (Wildman–Crippen LogP) is 1.45. The van der Waals surface area contributed by atoms with Crippen molar-refractivity contribution in [2.75, 3.05) is 0 Å². The first kappa shape index (κ1) is 19.9. The summed E-state index contributed by atoms with van der Waals surface area (Å²) < 4.78 is 15.7. The number of H-pyrrole nitrogens is 3. The lowest BCUT2D eigenvalue weighted by Crippen LogP contribution is -1.89. The highest BCUT2D eigenvalue weighted by Gasteiger charge is 2.18. The van der Waals surface area contributed by atoms with E-state index in [1.807, 2.05) is 0 Å². The van der Waals surface area contributed by atoms with Crippen LogP contribution in [0.2, 0.25) is 5.02 Å². The van der Waals surface area contributed by atoms with E-state index in [1.165, 1.54) is 18.7 Å². The van der Waals surface area contributed by atoms with Crippen LogP contribution in [0.3, 0.4) is 0 Å². The predicted molar refractivity (Wildman–Crippen MR) is 92.0 cm³/mol. The van der Waals surface area contributed by atoms with Gasteiger partial charge in [-0.05, 0) is 28.1 Å². The first-order valence-electron chi connectivity index (χ1n) is 6.41. The van der Waals surface area contributed by atoms with E-state index < -0.39 is 7.82 Å². The van der Waals surface area contributed by atoms with Gasteiger partial charge in [0.1, 0.15) is 0 Å². The number of aromatic amines is 3. The van der Waals surface area contributed by atoms with Crippen LogP contribution in [-0.4, -0.2) is 56.0 Å². The first-order valence-corrected chi connectivity index (χ1v) is 9.11. The zero-order valence-corrected chi connectivity index (χ0v) is 15.7. The average molecular weight is 467 g/mol. The Balaban J connectivity index is 0.000000196. The summed E-state index contributed by atoms with van der Waals surface area (Å²) in [5.74, 6) is -0.00806. The van der Waals surface area contributed by atoms with Crippen LogP contribution < -0.4 is 4.52 Å². The third-order valence-corrected chi connectivity index (χ3v) is 4.25. The number of hydrogen-bond donors (Lipinski definition) is 5. The van der Waals surface area contributed by atoms with E-state index in [0.717, 1.165) is 0 Å². The van der Waals surface area contributed by atoms with Gasteiger partial charge in [0.25, 0.3) is 0 Å². The Hall–Kier alpha value is -2.38. The summed E-state index contributed by atoms with van der Waals surface area (Å²) in [4.78, 5) is 20.0. The molecule has 5 N–H and O–H groups in total. The fourth-order valence-electron chi connectivity index (χ4n) is 1.55. The Labute approximate surface area is 157 Å². The zero-order valence-electron chi connectivity index (χ0n) is 12.5. The molecule has 0 bridgehead atoms. The Bertz CT molecular complexity index is 898. The van der Waals surface area contributed by atoms with Crippen molar-refractivity contribution in [3.63, 3.8) is 0 Å². The van der Waals surface area contributed by atoms with Crippen LogP contribution in [0.25, 0.3) is 10.9 Å². The van der Waals surface area contributed by atoms with Crippen molar-refractivity contribution in [1.29, 1.82) is 0 Å². The van der Waals surface area contributed by atoms with E-state index in [2.05, 4.69) is 66.7 Å². The molecule has 0 aliphatic rings. The van der Waals surface area contributed by atoms with E-state index in [9.17, 15) is 4.57 Å². The standard InChI is InChI=1S/C8H6BrClNO4P.2CH2N4/c9-8-4-3-7(15-16(12,13)14)11-6(4)2-1-5(8)10;2*1-2-4-5-3-1/h1-3,11H,(H2,12,13,14);2*1H,(H,2,3,4,5). The fraction of sp³-hybridized carbons (Fsp3) is 0. The van der Waals surface area contributed by atoms with Gasteiger partial charge in [0.05, 0.1) is 5.02 Å². The molecule has 0 aliphatic carbocycles. The second-order valence-corrected chi connectivity index (χ2v) is 6.52. The number of benzene rings is 1. The molecule has 0 atom stereocenters. The van der Waals surface area contributed by atoms with Crippen molar-refractivity contribution in [2.24, 2.45) is 0 Å². The van der Waals surface area contributed by atoms with Crippen LogP contribution in [0.5, 0.6) is 5.88 Å². The normalized spacial score (nSPS) is 10.5. The van der Waals surface area contributed by atoms with E-state index >= 15 is 0 Å². The maximum Gasteiger partial charge on any atom is 0.525 e. The number of phosphoric ester groups is 1. The van der Waals surface area contributed by atoms with Crippen LogP contribution in [0, 0.1) is 0 Å². The maximum atomic E-state index is 10.6. The summed E-state index contributed by atoms with van der Waals surface area (Å²) in [6.45, 7) is 0. The number of phosphoric acid groups is 1. The highest BCUT2D eigenvalue weighted by molar-refractivity contribution is 9.10. The second-order valence-electron chi connectivity index (χ2n) is 4.16. The van der Waals surface area contributed by atoms with E-state index in [0.29, 0.717) is 20.4 Å². The molecular formula is C10H10BrClN9O4P. The molecule has 0 unspecified atom stereocenters. The van der Waals surface area contributed by atoms with Crippen molar-refractivity contribution >= 4 is 46.3 Å². The average Bonchev–Trinajstić information content (AvgIpc) is 3.34. The van der Waals surface area contributed by atoms with E-state index in [1.54, 1.807) is 12.1 Å². The lowest BCUT2D eigenvalue weighted by molar-refractivity contribution is 0.280. The summed E-state index contributed by atoms with van der Waals surface area (Å²) in [6, 6.07) is 4.81. The molecule has 0 spiro atoms.